The Morgan fingerprint density at radius 2 is 1.90 bits per heavy atom. The van der Waals surface area contributed by atoms with Crippen molar-refractivity contribution in [3.8, 4) is 0 Å². The predicted molar refractivity (Wildman–Crippen MR) is 84.8 cm³/mol. The zero-order valence-electron chi connectivity index (χ0n) is 12.0. The molecule has 0 spiro atoms. The average molecular weight is 333 g/mol. The van der Waals surface area contributed by atoms with E-state index in [1.165, 1.54) is 6.07 Å². The summed E-state index contributed by atoms with van der Waals surface area (Å²) in [6.45, 7) is 3.33. The Hall–Kier alpha value is -1.11. The number of piperidine rings is 1. The van der Waals surface area contributed by atoms with Gasteiger partial charge in [0.2, 0.25) is 0 Å². The first-order valence-corrected chi connectivity index (χ1v) is 8.53. The number of benzene rings is 1. The first kappa shape index (κ1) is 17.9. The largest absolute Gasteiger partial charge is 0.349 e. The van der Waals surface area contributed by atoms with E-state index in [0.29, 0.717) is 0 Å². The van der Waals surface area contributed by atoms with Crippen molar-refractivity contribution in [1.29, 1.82) is 0 Å². The van der Waals surface area contributed by atoms with E-state index in [-0.39, 0.29) is 40.6 Å². The lowest BCUT2D eigenvalue weighted by atomic mass is 10.1. The fraction of sp³-hybridized carbons (Fsp3) is 0.500. The molecular formula is C14H21ClN2O3S. The maximum absolute atomic E-state index is 12.3. The zero-order valence-corrected chi connectivity index (χ0v) is 13.6. The summed E-state index contributed by atoms with van der Waals surface area (Å²) in [4.78, 5) is 12.4. The van der Waals surface area contributed by atoms with Crippen LogP contribution >= 0.6 is 12.4 Å². The Bertz CT molecular complexity index is 584. The maximum Gasteiger partial charge on any atom is 0.252 e. The summed E-state index contributed by atoms with van der Waals surface area (Å²) in [5.41, 5.74) is 0.243. The van der Waals surface area contributed by atoms with E-state index in [1.807, 2.05) is 0 Å². The van der Waals surface area contributed by atoms with E-state index in [1.54, 1.807) is 25.1 Å². The summed E-state index contributed by atoms with van der Waals surface area (Å²) < 4.78 is 24.1. The van der Waals surface area contributed by atoms with Crippen LogP contribution in [-0.4, -0.2) is 39.2 Å². The van der Waals surface area contributed by atoms with Crippen molar-refractivity contribution in [1.82, 2.24) is 10.6 Å². The van der Waals surface area contributed by atoms with Crippen LogP contribution in [0.2, 0.25) is 0 Å². The van der Waals surface area contributed by atoms with Gasteiger partial charge in [0.05, 0.1) is 16.2 Å². The molecule has 0 saturated carbocycles. The van der Waals surface area contributed by atoms with Crippen molar-refractivity contribution < 1.29 is 13.2 Å². The van der Waals surface area contributed by atoms with Crippen LogP contribution in [-0.2, 0) is 9.84 Å². The van der Waals surface area contributed by atoms with E-state index < -0.39 is 9.84 Å². The van der Waals surface area contributed by atoms with E-state index in [2.05, 4.69) is 10.6 Å². The highest BCUT2D eigenvalue weighted by Crippen LogP contribution is 2.17. The molecule has 1 aliphatic heterocycles. The van der Waals surface area contributed by atoms with Gasteiger partial charge in [0.25, 0.3) is 5.91 Å². The molecule has 0 bridgehead atoms. The lowest BCUT2D eigenvalue weighted by molar-refractivity contribution is 0.0926. The molecule has 1 fully saturated rings. The van der Waals surface area contributed by atoms with Crippen molar-refractivity contribution in [2.75, 3.05) is 18.8 Å². The molecule has 1 aromatic carbocycles. The monoisotopic (exact) mass is 332 g/mol. The smallest absolute Gasteiger partial charge is 0.252 e. The average Bonchev–Trinajstić information content (AvgIpc) is 2.48. The second-order valence-electron chi connectivity index (χ2n) is 4.90. The van der Waals surface area contributed by atoms with E-state index in [9.17, 15) is 13.2 Å². The Labute approximate surface area is 131 Å². The maximum atomic E-state index is 12.3. The summed E-state index contributed by atoms with van der Waals surface area (Å²) in [6, 6.07) is 6.51. The van der Waals surface area contributed by atoms with E-state index >= 15 is 0 Å². The van der Waals surface area contributed by atoms with Crippen molar-refractivity contribution >= 4 is 28.2 Å². The van der Waals surface area contributed by atoms with Crippen molar-refractivity contribution in [2.45, 2.75) is 30.7 Å². The van der Waals surface area contributed by atoms with Crippen LogP contribution in [0.3, 0.4) is 0 Å². The zero-order chi connectivity index (χ0) is 14.6. The van der Waals surface area contributed by atoms with Crippen LogP contribution in [0.15, 0.2) is 29.2 Å². The molecular weight excluding hydrogens is 312 g/mol. The molecule has 2 rings (SSSR count). The Kier molecular flexibility index (Phi) is 6.64. The second-order valence-corrected chi connectivity index (χ2v) is 7.14. The van der Waals surface area contributed by atoms with Crippen LogP contribution in [0.4, 0.5) is 0 Å². The van der Waals surface area contributed by atoms with Gasteiger partial charge in [-0.2, -0.15) is 0 Å². The second kappa shape index (κ2) is 7.77. The van der Waals surface area contributed by atoms with Gasteiger partial charge >= 0.3 is 0 Å². The summed E-state index contributed by atoms with van der Waals surface area (Å²) in [5, 5.41) is 6.15. The fourth-order valence-corrected chi connectivity index (χ4v) is 3.40. The normalized spacial score (nSPS) is 16.0. The van der Waals surface area contributed by atoms with Crippen LogP contribution in [0.1, 0.15) is 30.1 Å². The molecule has 0 aliphatic carbocycles. The number of halogens is 1. The van der Waals surface area contributed by atoms with E-state index in [4.69, 9.17) is 0 Å². The van der Waals surface area contributed by atoms with Crippen LogP contribution < -0.4 is 10.6 Å². The van der Waals surface area contributed by atoms with Gasteiger partial charge in [0.15, 0.2) is 9.84 Å². The minimum atomic E-state index is -3.39. The molecule has 0 atom stereocenters. The van der Waals surface area contributed by atoms with Crippen molar-refractivity contribution in [2.24, 2.45) is 0 Å². The third-order valence-corrected chi connectivity index (χ3v) is 5.31. The minimum absolute atomic E-state index is 0. The Morgan fingerprint density at radius 1 is 1.29 bits per heavy atom. The molecule has 0 radical (unpaired) electrons. The molecule has 7 heteroatoms. The third-order valence-electron chi connectivity index (χ3n) is 3.52. The van der Waals surface area contributed by atoms with Gasteiger partial charge in [-0.25, -0.2) is 8.42 Å². The van der Waals surface area contributed by atoms with Gasteiger partial charge in [-0.3, -0.25) is 4.79 Å². The molecule has 1 amide bonds. The van der Waals surface area contributed by atoms with Gasteiger partial charge in [-0.1, -0.05) is 19.1 Å². The van der Waals surface area contributed by atoms with Gasteiger partial charge in [0.1, 0.15) is 0 Å². The highest BCUT2D eigenvalue weighted by atomic mass is 35.5. The quantitative estimate of drug-likeness (QED) is 0.873. The van der Waals surface area contributed by atoms with Crippen molar-refractivity contribution in [3.63, 3.8) is 0 Å². The molecule has 1 aromatic rings. The van der Waals surface area contributed by atoms with Crippen molar-refractivity contribution in [3.05, 3.63) is 29.8 Å². The highest BCUT2D eigenvalue weighted by Gasteiger charge is 2.22. The molecule has 118 valence electrons. The van der Waals surface area contributed by atoms with Gasteiger partial charge in [-0.15, -0.1) is 12.4 Å². The molecule has 0 aromatic heterocycles. The third kappa shape index (κ3) is 4.43. The molecule has 1 heterocycles. The first-order chi connectivity index (χ1) is 9.54. The SMILES string of the molecule is CCS(=O)(=O)c1ccccc1C(=O)NC1CCNCC1.Cl. The number of nitrogens with one attached hydrogen (secondary N) is 2. The van der Waals surface area contributed by atoms with Crippen LogP contribution in [0, 0.1) is 0 Å². The van der Waals surface area contributed by atoms with Gasteiger partial charge < -0.3 is 10.6 Å². The predicted octanol–water partition coefficient (Wildman–Crippen LogP) is 1.38. The number of carbonyl (C=O) groups is 1. The number of hydrogen-bond acceptors (Lipinski definition) is 4. The first-order valence-electron chi connectivity index (χ1n) is 6.88. The standard InChI is InChI=1S/C14H20N2O3S.ClH/c1-2-20(18,19)13-6-4-3-5-12(13)14(17)16-11-7-9-15-10-8-11;/h3-6,11,15H,2,7-10H2,1H3,(H,16,17);1H. The molecule has 1 aliphatic rings. The van der Waals surface area contributed by atoms with Gasteiger partial charge in [0, 0.05) is 6.04 Å². The molecule has 1 saturated heterocycles. The number of hydrogen-bond donors (Lipinski definition) is 2. The minimum Gasteiger partial charge on any atom is -0.349 e. The summed E-state index contributed by atoms with van der Waals surface area (Å²) >= 11 is 0. The van der Waals surface area contributed by atoms with Crippen LogP contribution in [0.5, 0.6) is 0 Å². The Morgan fingerprint density at radius 3 is 2.52 bits per heavy atom. The topological polar surface area (TPSA) is 75.3 Å². The van der Waals surface area contributed by atoms with E-state index in [0.717, 1.165) is 25.9 Å². The molecule has 21 heavy (non-hydrogen) atoms. The lowest BCUT2D eigenvalue weighted by Crippen LogP contribution is -2.43. The number of carbonyl (C=O) groups excluding carboxylic acids is 1. The highest BCUT2D eigenvalue weighted by molar-refractivity contribution is 7.91. The number of rotatable bonds is 4. The van der Waals surface area contributed by atoms with Crippen LogP contribution in [0.25, 0.3) is 0 Å². The molecule has 0 unspecified atom stereocenters. The molecule has 5 nitrogen and oxygen atoms in total. The molecule has 2 N–H and O–H groups in total. The summed E-state index contributed by atoms with van der Waals surface area (Å²) in [5.74, 6) is -0.311. The number of sulfone groups is 1. The number of amides is 1. The Balaban J connectivity index is 0.00000220. The van der Waals surface area contributed by atoms with Gasteiger partial charge in [-0.05, 0) is 38.1 Å². The lowest BCUT2D eigenvalue weighted by Gasteiger charge is -2.24. The summed E-state index contributed by atoms with van der Waals surface area (Å²) in [7, 11) is -3.39. The fourth-order valence-electron chi connectivity index (χ4n) is 2.31. The summed E-state index contributed by atoms with van der Waals surface area (Å²) in [6.07, 6.45) is 1.74.